The van der Waals surface area contributed by atoms with E-state index in [0.717, 1.165) is 10.0 Å². The van der Waals surface area contributed by atoms with Crippen molar-refractivity contribution in [2.75, 3.05) is 27.8 Å². The SMILES string of the molecule is COc1cc(CN)cc(Br)c1OCCC(=O)N(C)C. The third-order valence-electron chi connectivity index (χ3n) is 2.59. The van der Waals surface area contributed by atoms with Crippen LogP contribution < -0.4 is 15.2 Å². The first-order valence-corrected chi connectivity index (χ1v) is 6.68. The summed E-state index contributed by atoms with van der Waals surface area (Å²) in [5, 5.41) is 0. The molecule has 0 unspecified atom stereocenters. The van der Waals surface area contributed by atoms with Crippen molar-refractivity contribution in [2.24, 2.45) is 5.73 Å². The van der Waals surface area contributed by atoms with Gasteiger partial charge in [0.15, 0.2) is 11.5 Å². The molecule has 0 saturated carbocycles. The van der Waals surface area contributed by atoms with Gasteiger partial charge in [-0.05, 0) is 33.6 Å². The summed E-state index contributed by atoms with van der Waals surface area (Å²) in [4.78, 5) is 13.0. The van der Waals surface area contributed by atoms with Gasteiger partial charge in [-0.3, -0.25) is 4.79 Å². The summed E-state index contributed by atoms with van der Waals surface area (Å²) in [5.41, 5.74) is 6.54. The number of halogens is 1. The van der Waals surface area contributed by atoms with E-state index in [4.69, 9.17) is 15.2 Å². The fraction of sp³-hybridized carbons (Fsp3) is 0.462. The number of carbonyl (C=O) groups is 1. The van der Waals surface area contributed by atoms with E-state index in [1.165, 1.54) is 4.90 Å². The normalized spacial score (nSPS) is 10.2. The van der Waals surface area contributed by atoms with Crippen LogP contribution in [0.25, 0.3) is 0 Å². The van der Waals surface area contributed by atoms with Gasteiger partial charge in [-0.25, -0.2) is 0 Å². The molecule has 2 N–H and O–H groups in total. The number of carbonyl (C=O) groups excluding carboxylic acids is 1. The Bertz CT molecular complexity index is 450. The average molecular weight is 331 g/mol. The van der Waals surface area contributed by atoms with E-state index in [-0.39, 0.29) is 5.91 Å². The number of benzene rings is 1. The third-order valence-corrected chi connectivity index (χ3v) is 3.18. The van der Waals surface area contributed by atoms with Gasteiger partial charge >= 0.3 is 0 Å². The van der Waals surface area contributed by atoms with Crippen LogP contribution in [0.3, 0.4) is 0 Å². The summed E-state index contributed by atoms with van der Waals surface area (Å²) in [6.45, 7) is 0.725. The molecule has 0 aromatic heterocycles. The zero-order valence-corrected chi connectivity index (χ0v) is 13.0. The van der Waals surface area contributed by atoms with Crippen LogP contribution >= 0.6 is 15.9 Å². The van der Waals surface area contributed by atoms with Gasteiger partial charge in [0, 0.05) is 20.6 Å². The zero-order chi connectivity index (χ0) is 14.4. The fourth-order valence-corrected chi connectivity index (χ4v) is 2.10. The Morgan fingerprint density at radius 1 is 1.42 bits per heavy atom. The van der Waals surface area contributed by atoms with Crippen molar-refractivity contribution in [1.82, 2.24) is 4.90 Å². The first-order valence-electron chi connectivity index (χ1n) is 5.89. The van der Waals surface area contributed by atoms with Crippen LogP contribution in [0.4, 0.5) is 0 Å². The molecule has 6 heteroatoms. The molecule has 1 amide bonds. The van der Waals surface area contributed by atoms with Crippen LogP contribution in [0.1, 0.15) is 12.0 Å². The van der Waals surface area contributed by atoms with Crippen LogP contribution in [0.15, 0.2) is 16.6 Å². The van der Waals surface area contributed by atoms with Crippen molar-refractivity contribution in [2.45, 2.75) is 13.0 Å². The lowest BCUT2D eigenvalue weighted by Crippen LogP contribution is -2.23. The summed E-state index contributed by atoms with van der Waals surface area (Å²) in [6, 6.07) is 3.71. The van der Waals surface area contributed by atoms with Crippen LogP contribution in [0, 0.1) is 0 Å². The van der Waals surface area contributed by atoms with Crippen LogP contribution in [0.2, 0.25) is 0 Å². The predicted octanol–water partition coefficient (Wildman–Crippen LogP) is 1.77. The van der Waals surface area contributed by atoms with Crippen LogP contribution in [0.5, 0.6) is 11.5 Å². The van der Waals surface area contributed by atoms with Crippen molar-refractivity contribution >= 4 is 21.8 Å². The van der Waals surface area contributed by atoms with Crippen molar-refractivity contribution < 1.29 is 14.3 Å². The second-order valence-corrected chi connectivity index (χ2v) is 5.05. The van der Waals surface area contributed by atoms with Gasteiger partial charge in [0.2, 0.25) is 5.91 Å². The van der Waals surface area contributed by atoms with E-state index in [2.05, 4.69) is 15.9 Å². The number of hydrogen-bond acceptors (Lipinski definition) is 4. The lowest BCUT2D eigenvalue weighted by Gasteiger charge is -2.15. The van der Waals surface area contributed by atoms with Gasteiger partial charge in [0.25, 0.3) is 0 Å². The summed E-state index contributed by atoms with van der Waals surface area (Å²) in [5.74, 6) is 1.21. The number of nitrogens with two attached hydrogens (primary N) is 1. The molecule has 1 rings (SSSR count). The summed E-state index contributed by atoms with van der Waals surface area (Å²) in [6.07, 6.45) is 0.321. The highest BCUT2D eigenvalue weighted by molar-refractivity contribution is 9.10. The molecule has 106 valence electrons. The maximum atomic E-state index is 11.5. The first-order chi connectivity index (χ1) is 8.99. The largest absolute Gasteiger partial charge is 0.493 e. The fourth-order valence-electron chi connectivity index (χ4n) is 1.50. The summed E-state index contributed by atoms with van der Waals surface area (Å²) >= 11 is 3.42. The molecule has 0 saturated heterocycles. The molecule has 0 radical (unpaired) electrons. The minimum absolute atomic E-state index is 0.0219. The van der Waals surface area contributed by atoms with Crippen LogP contribution in [-0.4, -0.2) is 38.6 Å². The highest BCUT2D eigenvalue weighted by Gasteiger charge is 2.12. The molecule has 0 fully saturated rings. The lowest BCUT2D eigenvalue weighted by molar-refractivity contribution is -0.129. The first kappa shape index (κ1) is 15.8. The standard InChI is InChI=1S/C13H19BrN2O3/c1-16(2)12(17)4-5-19-13-10(14)6-9(8-15)7-11(13)18-3/h6-7H,4-5,8,15H2,1-3H3. The van der Waals surface area contributed by atoms with E-state index < -0.39 is 0 Å². The molecule has 0 spiro atoms. The molecule has 0 heterocycles. The van der Waals surface area contributed by atoms with Gasteiger partial charge in [-0.15, -0.1) is 0 Å². The predicted molar refractivity (Wildman–Crippen MR) is 77.4 cm³/mol. The number of methoxy groups -OCH3 is 1. The number of ether oxygens (including phenoxy) is 2. The van der Waals surface area contributed by atoms with E-state index >= 15 is 0 Å². The molecule has 0 atom stereocenters. The number of rotatable bonds is 6. The second kappa shape index (κ2) is 7.35. The summed E-state index contributed by atoms with van der Waals surface area (Å²) < 4.78 is 11.7. The Kier molecular flexibility index (Phi) is 6.11. The maximum absolute atomic E-state index is 11.5. The van der Waals surface area contributed by atoms with E-state index in [1.807, 2.05) is 12.1 Å². The lowest BCUT2D eigenvalue weighted by atomic mass is 10.2. The second-order valence-electron chi connectivity index (χ2n) is 4.20. The molecule has 1 aromatic carbocycles. The zero-order valence-electron chi connectivity index (χ0n) is 11.4. The van der Waals surface area contributed by atoms with Gasteiger partial charge in [-0.2, -0.15) is 0 Å². The number of nitrogens with zero attached hydrogens (tertiary/aromatic N) is 1. The smallest absolute Gasteiger partial charge is 0.225 e. The highest BCUT2D eigenvalue weighted by Crippen LogP contribution is 2.36. The molecule has 0 aliphatic rings. The number of amides is 1. The van der Waals surface area contributed by atoms with E-state index in [9.17, 15) is 4.79 Å². The van der Waals surface area contributed by atoms with Gasteiger partial charge in [0.05, 0.1) is 24.6 Å². The molecule has 0 aliphatic carbocycles. The topological polar surface area (TPSA) is 64.8 Å². The van der Waals surface area contributed by atoms with Crippen molar-refractivity contribution in [3.05, 3.63) is 22.2 Å². The monoisotopic (exact) mass is 330 g/mol. The minimum atomic E-state index is 0.0219. The van der Waals surface area contributed by atoms with E-state index in [1.54, 1.807) is 21.2 Å². The van der Waals surface area contributed by atoms with Crippen molar-refractivity contribution in [1.29, 1.82) is 0 Å². The van der Waals surface area contributed by atoms with Gasteiger partial charge in [-0.1, -0.05) is 0 Å². The highest BCUT2D eigenvalue weighted by atomic mass is 79.9. The molecule has 0 bridgehead atoms. The number of hydrogen-bond donors (Lipinski definition) is 1. The Labute approximate surface area is 121 Å². The Morgan fingerprint density at radius 3 is 2.63 bits per heavy atom. The third kappa shape index (κ3) is 4.40. The van der Waals surface area contributed by atoms with Crippen molar-refractivity contribution in [3.63, 3.8) is 0 Å². The Balaban J connectivity index is 2.75. The van der Waals surface area contributed by atoms with E-state index in [0.29, 0.717) is 31.1 Å². The van der Waals surface area contributed by atoms with Gasteiger partial charge < -0.3 is 20.1 Å². The Hall–Kier alpha value is -1.27. The quantitative estimate of drug-likeness (QED) is 0.863. The summed E-state index contributed by atoms with van der Waals surface area (Å²) in [7, 11) is 5.00. The van der Waals surface area contributed by atoms with Crippen molar-refractivity contribution in [3.8, 4) is 11.5 Å². The molecule has 5 nitrogen and oxygen atoms in total. The maximum Gasteiger partial charge on any atom is 0.225 e. The molecule has 1 aromatic rings. The van der Waals surface area contributed by atoms with Crippen LogP contribution in [-0.2, 0) is 11.3 Å². The van der Waals surface area contributed by atoms with Gasteiger partial charge in [0.1, 0.15) is 0 Å². The average Bonchev–Trinajstić information content (AvgIpc) is 2.39. The molecular formula is C13H19BrN2O3. The Morgan fingerprint density at radius 2 is 2.11 bits per heavy atom. The molecular weight excluding hydrogens is 312 g/mol. The molecule has 19 heavy (non-hydrogen) atoms. The minimum Gasteiger partial charge on any atom is -0.493 e. The molecule has 0 aliphatic heterocycles.